The van der Waals surface area contributed by atoms with Crippen LogP contribution in [0.2, 0.25) is 0 Å². The van der Waals surface area contributed by atoms with Gasteiger partial charge in [0.25, 0.3) is 0 Å². The van der Waals surface area contributed by atoms with Gasteiger partial charge in [-0.3, -0.25) is 9.36 Å². The van der Waals surface area contributed by atoms with Crippen molar-refractivity contribution in [2.24, 2.45) is 0 Å². The number of aliphatic hydroxyl groups is 1. The number of rotatable bonds is 8. The normalized spacial score (nSPS) is 19.1. The van der Waals surface area contributed by atoms with E-state index in [1.54, 1.807) is 17.7 Å². The number of hydrogen-bond donors (Lipinski definition) is 2. The fourth-order valence-electron chi connectivity index (χ4n) is 4.43. The maximum Gasteiger partial charge on any atom is 0.229 e. The summed E-state index contributed by atoms with van der Waals surface area (Å²) >= 11 is 1.63. The summed E-state index contributed by atoms with van der Waals surface area (Å²) in [5, 5.41) is 17.3. The van der Waals surface area contributed by atoms with Crippen molar-refractivity contribution >= 4 is 40.2 Å². The Morgan fingerprint density at radius 2 is 2.19 bits per heavy atom. The molecule has 2 fully saturated rings. The SMILES string of the molecule is O=C1CCCN1CCCNc1nc(N2CCCC2CO)nc2c1ncn2-c1ccsc1. The van der Waals surface area contributed by atoms with Gasteiger partial charge in [-0.1, -0.05) is 0 Å². The van der Waals surface area contributed by atoms with Crippen LogP contribution in [0.4, 0.5) is 11.8 Å². The average Bonchev–Trinajstić information content (AvgIpc) is 3.57. The molecule has 5 rings (SSSR count). The molecule has 164 valence electrons. The first-order chi connectivity index (χ1) is 15.2. The molecule has 0 aliphatic carbocycles. The van der Waals surface area contributed by atoms with Crippen molar-refractivity contribution in [2.75, 3.05) is 43.0 Å². The molecule has 2 saturated heterocycles. The number of nitrogens with zero attached hydrogens (tertiary/aromatic N) is 6. The van der Waals surface area contributed by atoms with Crippen molar-refractivity contribution in [2.45, 2.75) is 38.1 Å². The van der Waals surface area contributed by atoms with Crippen LogP contribution < -0.4 is 10.2 Å². The minimum absolute atomic E-state index is 0.0454. The van der Waals surface area contributed by atoms with Crippen LogP contribution >= 0.6 is 11.3 Å². The van der Waals surface area contributed by atoms with E-state index in [2.05, 4.69) is 20.6 Å². The van der Waals surface area contributed by atoms with Crippen LogP contribution in [0.25, 0.3) is 16.9 Å². The molecule has 9 nitrogen and oxygen atoms in total. The summed E-state index contributed by atoms with van der Waals surface area (Å²) in [7, 11) is 0. The predicted octanol–water partition coefficient (Wildman–Crippen LogP) is 2.26. The van der Waals surface area contributed by atoms with Crippen LogP contribution in [-0.2, 0) is 4.79 Å². The fourth-order valence-corrected chi connectivity index (χ4v) is 5.06. The van der Waals surface area contributed by atoms with E-state index in [1.807, 2.05) is 20.9 Å². The van der Waals surface area contributed by atoms with Gasteiger partial charge >= 0.3 is 0 Å². The molecule has 2 aliphatic heterocycles. The monoisotopic (exact) mass is 441 g/mol. The zero-order valence-corrected chi connectivity index (χ0v) is 18.2. The van der Waals surface area contributed by atoms with Gasteiger partial charge in [-0.2, -0.15) is 21.3 Å². The molecule has 0 aromatic carbocycles. The van der Waals surface area contributed by atoms with E-state index in [0.717, 1.165) is 62.2 Å². The third-order valence-corrected chi connectivity index (χ3v) is 6.75. The highest BCUT2D eigenvalue weighted by atomic mass is 32.1. The van der Waals surface area contributed by atoms with Gasteiger partial charge in [-0.25, -0.2) is 4.98 Å². The van der Waals surface area contributed by atoms with E-state index in [4.69, 9.17) is 9.97 Å². The Balaban J connectivity index is 1.42. The predicted molar refractivity (Wildman–Crippen MR) is 121 cm³/mol. The lowest BCUT2D eigenvalue weighted by Crippen LogP contribution is -2.33. The van der Waals surface area contributed by atoms with Gasteiger partial charge in [-0.15, -0.1) is 0 Å². The molecule has 0 saturated carbocycles. The maximum atomic E-state index is 11.8. The fraction of sp³-hybridized carbons (Fsp3) is 0.524. The second kappa shape index (κ2) is 8.80. The number of imidazole rings is 1. The van der Waals surface area contributed by atoms with Crippen molar-refractivity contribution < 1.29 is 9.90 Å². The molecule has 1 amide bonds. The number of anilines is 2. The standard InChI is InChI=1S/C21H27N7O2S/c29-12-15-4-1-10-27(15)21-24-19(22-7-3-9-26-8-2-5-17(26)30)18-20(25-21)28(14-23-18)16-6-11-31-13-16/h6,11,13-15,29H,1-5,7-10,12H2,(H,22,24,25). The van der Waals surface area contributed by atoms with E-state index in [1.165, 1.54) is 0 Å². The van der Waals surface area contributed by atoms with E-state index >= 15 is 0 Å². The van der Waals surface area contributed by atoms with E-state index in [-0.39, 0.29) is 18.6 Å². The summed E-state index contributed by atoms with van der Waals surface area (Å²) in [6, 6.07) is 2.09. The van der Waals surface area contributed by atoms with Crippen molar-refractivity contribution in [3.63, 3.8) is 0 Å². The largest absolute Gasteiger partial charge is 0.394 e. The highest BCUT2D eigenvalue weighted by Gasteiger charge is 2.28. The molecule has 0 radical (unpaired) electrons. The number of fused-ring (bicyclic) bond motifs is 1. The maximum absolute atomic E-state index is 11.8. The number of carbonyl (C=O) groups is 1. The molecule has 1 atom stereocenters. The third-order valence-electron chi connectivity index (χ3n) is 6.08. The number of hydrogen-bond acceptors (Lipinski definition) is 8. The van der Waals surface area contributed by atoms with Crippen molar-refractivity contribution in [3.8, 4) is 5.69 Å². The minimum Gasteiger partial charge on any atom is -0.394 e. The summed E-state index contributed by atoms with van der Waals surface area (Å²) in [6.45, 7) is 3.25. The summed E-state index contributed by atoms with van der Waals surface area (Å²) in [5.41, 5.74) is 2.51. The molecule has 5 heterocycles. The number of aliphatic hydroxyl groups excluding tert-OH is 1. The van der Waals surface area contributed by atoms with Gasteiger partial charge in [0, 0.05) is 38.0 Å². The van der Waals surface area contributed by atoms with Crippen molar-refractivity contribution in [3.05, 3.63) is 23.2 Å². The van der Waals surface area contributed by atoms with Crippen LogP contribution in [0.1, 0.15) is 32.1 Å². The molecule has 0 spiro atoms. The van der Waals surface area contributed by atoms with Crippen molar-refractivity contribution in [1.29, 1.82) is 0 Å². The van der Waals surface area contributed by atoms with Crippen LogP contribution in [0.3, 0.4) is 0 Å². The first-order valence-electron chi connectivity index (χ1n) is 10.9. The van der Waals surface area contributed by atoms with Crippen molar-refractivity contribution in [1.82, 2.24) is 24.4 Å². The Labute approximate surface area is 184 Å². The lowest BCUT2D eigenvalue weighted by atomic mass is 10.2. The lowest BCUT2D eigenvalue weighted by molar-refractivity contribution is -0.127. The van der Waals surface area contributed by atoms with E-state index in [9.17, 15) is 9.90 Å². The Morgan fingerprint density at radius 1 is 1.26 bits per heavy atom. The van der Waals surface area contributed by atoms with E-state index < -0.39 is 0 Å². The van der Waals surface area contributed by atoms with Crippen LogP contribution in [0, 0.1) is 0 Å². The number of nitrogens with one attached hydrogen (secondary N) is 1. The quantitative estimate of drug-likeness (QED) is 0.517. The summed E-state index contributed by atoms with van der Waals surface area (Å²) in [6.07, 6.45) is 6.22. The number of thiophene rings is 1. The molecule has 0 bridgehead atoms. The highest BCUT2D eigenvalue weighted by Crippen LogP contribution is 2.29. The molecule has 2 N–H and O–H groups in total. The Morgan fingerprint density at radius 3 is 2.97 bits per heavy atom. The van der Waals surface area contributed by atoms with Gasteiger partial charge < -0.3 is 20.2 Å². The minimum atomic E-state index is 0.0454. The number of aromatic nitrogens is 4. The zero-order valence-electron chi connectivity index (χ0n) is 17.4. The average molecular weight is 442 g/mol. The molecule has 31 heavy (non-hydrogen) atoms. The number of likely N-dealkylation sites (tertiary alicyclic amines) is 1. The third kappa shape index (κ3) is 3.97. The second-order valence-corrected chi connectivity index (χ2v) is 8.86. The molecular weight excluding hydrogens is 414 g/mol. The lowest BCUT2D eigenvalue weighted by Gasteiger charge is -2.23. The highest BCUT2D eigenvalue weighted by molar-refractivity contribution is 7.08. The Hall–Kier alpha value is -2.72. The summed E-state index contributed by atoms with van der Waals surface area (Å²) in [4.78, 5) is 30.1. The zero-order chi connectivity index (χ0) is 21.2. The topological polar surface area (TPSA) is 99.4 Å². The van der Waals surface area contributed by atoms with Gasteiger partial charge in [0.1, 0.15) is 6.33 Å². The molecular formula is C21H27N7O2S. The summed E-state index contributed by atoms with van der Waals surface area (Å²) < 4.78 is 1.98. The van der Waals surface area contributed by atoms with Gasteiger partial charge in [-0.05, 0) is 37.1 Å². The Bertz CT molecular complexity index is 1050. The Kier molecular flexibility index (Phi) is 5.73. The van der Waals surface area contributed by atoms with Gasteiger partial charge in [0.2, 0.25) is 11.9 Å². The number of amides is 1. The van der Waals surface area contributed by atoms with Gasteiger partial charge in [0.15, 0.2) is 17.0 Å². The van der Waals surface area contributed by atoms with Crippen LogP contribution in [-0.4, -0.2) is 74.3 Å². The molecule has 3 aromatic rings. The first-order valence-corrected chi connectivity index (χ1v) is 11.9. The van der Waals surface area contributed by atoms with Crippen LogP contribution in [0.15, 0.2) is 23.2 Å². The number of carbonyl (C=O) groups excluding carboxylic acids is 1. The second-order valence-electron chi connectivity index (χ2n) is 8.08. The van der Waals surface area contributed by atoms with Gasteiger partial charge in [0.05, 0.1) is 18.3 Å². The molecule has 2 aliphatic rings. The van der Waals surface area contributed by atoms with Crippen LogP contribution in [0.5, 0.6) is 0 Å². The molecule has 3 aromatic heterocycles. The molecule has 1 unspecified atom stereocenters. The summed E-state index contributed by atoms with van der Waals surface area (Å²) in [5.74, 6) is 1.58. The molecule has 10 heteroatoms. The first kappa shape index (κ1) is 20.2. The smallest absolute Gasteiger partial charge is 0.229 e. The van der Waals surface area contributed by atoms with E-state index in [0.29, 0.717) is 24.7 Å².